The molecule has 0 heterocycles. The monoisotopic (exact) mass is 234 g/mol. The van der Waals surface area contributed by atoms with Crippen molar-refractivity contribution in [2.75, 3.05) is 0 Å². The first kappa shape index (κ1) is 11.6. The zero-order chi connectivity index (χ0) is 9.64. The quantitative estimate of drug-likeness (QED) is 0.699. The summed E-state index contributed by atoms with van der Waals surface area (Å²) in [5, 5.41) is 8.20. The fraction of sp³-hybridized carbons (Fsp3) is 0. The molecule has 74 valence electrons. The fourth-order valence-corrected chi connectivity index (χ4v) is 1.10. The summed E-state index contributed by atoms with van der Waals surface area (Å²) in [5.74, 6) is 0. The summed E-state index contributed by atoms with van der Waals surface area (Å²) in [7, 11) is 0. The van der Waals surface area contributed by atoms with Gasteiger partial charge >= 0.3 is 0 Å². The third-order valence-electron chi connectivity index (χ3n) is 1.79. The third kappa shape index (κ3) is 3.67. The van der Waals surface area contributed by atoms with E-state index >= 15 is 0 Å². The molecule has 0 unspecified atom stereocenters. The minimum Gasteiger partial charge on any atom is -0.151 e. The van der Waals surface area contributed by atoms with Gasteiger partial charge in [0.1, 0.15) is 0 Å². The molecule has 0 fully saturated rings. The smallest absolute Gasteiger partial charge is 0.0857 e. The second kappa shape index (κ2) is 6.13. The first-order valence-electron chi connectivity index (χ1n) is 4.47. The Morgan fingerprint density at radius 2 is 0.867 bits per heavy atom. The summed E-state index contributed by atoms with van der Waals surface area (Å²) in [5.41, 5.74) is 1.74. The first-order valence-corrected chi connectivity index (χ1v) is 4.47. The SMILES string of the molecule is [Cr].c1ccc(N=Nc2ccccc2)cc1. The minimum atomic E-state index is 0. The van der Waals surface area contributed by atoms with E-state index in [1.807, 2.05) is 60.7 Å². The average molecular weight is 234 g/mol. The maximum Gasteiger partial charge on any atom is 0.0857 e. The van der Waals surface area contributed by atoms with Gasteiger partial charge < -0.3 is 0 Å². The molecule has 0 radical (unpaired) electrons. The van der Waals surface area contributed by atoms with Crippen molar-refractivity contribution in [1.29, 1.82) is 0 Å². The summed E-state index contributed by atoms with van der Waals surface area (Å²) < 4.78 is 0. The minimum absolute atomic E-state index is 0. The number of benzene rings is 2. The van der Waals surface area contributed by atoms with Crippen LogP contribution in [0.4, 0.5) is 11.4 Å². The molecular weight excluding hydrogens is 224 g/mol. The van der Waals surface area contributed by atoms with Crippen molar-refractivity contribution in [3.63, 3.8) is 0 Å². The molecule has 0 aromatic heterocycles. The van der Waals surface area contributed by atoms with Gasteiger partial charge in [0.25, 0.3) is 0 Å². The molecule has 0 spiro atoms. The molecule has 0 bridgehead atoms. The van der Waals surface area contributed by atoms with Crippen molar-refractivity contribution in [2.24, 2.45) is 10.2 Å². The van der Waals surface area contributed by atoms with Gasteiger partial charge in [-0.2, -0.15) is 10.2 Å². The molecule has 3 heteroatoms. The van der Waals surface area contributed by atoms with Crippen LogP contribution in [0.3, 0.4) is 0 Å². The molecule has 2 aromatic carbocycles. The van der Waals surface area contributed by atoms with Crippen LogP contribution in [-0.2, 0) is 17.4 Å². The number of nitrogens with zero attached hydrogens (tertiary/aromatic N) is 2. The van der Waals surface area contributed by atoms with Gasteiger partial charge in [-0.15, -0.1) is 0 Å². The van der Waals surface area contributed by atoms with Crippen LogP contribution in [0.15, 0.2) is 70.9 Å². The van der Waals surface area contributed by atoms with E-state index in [4.69, 9.17) is 0 Å². The summed E-state index contributed by atoms with van der Waals surface area (Å²) in [4.78, 5) is 0. The van der Waals surface area contributed by atoms with Gasteiger partial charge in [-0.05, 0) is 24.3 Å². The molecule has 0 saturated carbocycles. The molecule has 0 aliphatic carbocycles. The van der Waals surface area contributed by atoms with Gasteiger partial charge in [0.2, 0.25) is 0 Å². The van der Waals surface area contributed by atoms with Crippen molar-refractivity contribution in [3.05, 3.63) is 60.7 Å². The molecule has 0 atom stereocenters. The molecular formula is C12H10CrN2. The van der Waals surface area contributed by atoms with Crippen LogP contribution in [0.25, 0.3) is 0 Å². The van der Waals surface area contributed by atoms with E-state index < -0.39 is 0 Å². The third-order valence-corrected chi connectivity index (χ3v) is 1.79. The second-order valence-electron chi connectivity index (χ2n) is 2.87. The number of azo groups is 1. The van der Waals surface area contributed by atoms with Crippen molar-refractivity contribution in [2.45, 2.75) is 0 Å². The number of hydrogen-bond donors (Lipinski definition) is 0. The maximum absolute atomic E-state index is 4.10. The van der Waals surface area contributed by atoms with E-state index in [0.29, 0.717) is 0 Å². The zero-order valence-corrected chi connectivity index (χ0v) is 9.35. The zero-order valence-electron chi connectivity index (χ0n) is 8.08. The second-order valence-corrected chi connectivity index (χ2v) is 2.87. The van der Waals surface area contributed by atoms with Gasteiger partial charge in [-0.3, -0.25) is 0 Å². The van der Waals surface area contributed by atoms with Gasteiger partial charge in [0.15, 0.2) is 0 Å². The van der Waals surface area contributed by atoms with Crippen LogP contribution in [-0.4, -0.2) is 0 Å². The Labute approximate surface area is 99.8 Å². The van der Waals surface area contributed by atoms with Crippen molar-refractivity contribution in [3.8, 4) is 0 Å². The molecule has 2 rings (SSSR count). The van der Waals surface area contributed by atoms with E-state index in [2.05, 4.69) is 10.2 Å². The number of hydrogen-bond acceptors (Lipinski definition) is 2. The first-order chi connectivity index (χ1) is 6.95. The van der Waals surface area contributed by atoms with Gasteiger partial charge in [0.05, 0.1) is 11.4 Å². The van der Waals surface area contributed by atoms with E-state index in [1.165, 1.54) is 0 Å². The molecule has 0 aliphatic heterocycles. The van der Waals surface area contributed by atoms with Crippen LogP contribution in [0.2, 0.25) is 0 Å². The Morgan fingerprint density at radius 1 is 0.533 bits per heavy atom. The van der Waals surface area contributed by atoms with Crippen molar-refractivity contribution in [1.82, 2.24) is 0 Å². The largest absolute Gasteiger partial charge is 0.151 e. The van der Waals surface area contributed by atoms with E-state index in [9.17, 15) is 0 Å². The molecule has 15 heavy (non-hydrogen) atoms. The topological polar surface area (TPSA) is 24.7 Å². The Balaban J connectivity index is 0.00000112. The molecule has 0 N–H and O–H groups in total. The van der Waals surface area contributed by atoms with E-state index in [1.54, 1.807) is 0 Å². The van der Waals surface area contributed by atoms with Gasteiger partial charge in [-0.1, -0.05) is 36.4 Å². The summed E-state index contributed by atoms with van der Waals surface area (Å²) >= 11 is 0. The molecule has 2 nitrogen and oxygen atoms in total. The van der Waals surface area contributed by atoms with Crippen LogP contribution >= 0.6 is 0 Å². The summed E-state index contributed by atoms with van der Waals surface area (Å²) in [6, 6.07) is 19.4. The molecule has 0 amide bonds. The standard InChI is InChI=1S/C12H10N2.Cr/c1-3-7-11(8-4-1)13-14-12-9-5-2-6-10-12;/h1-10H;. The Hall–Kier alpha value is -1.43. The van der Waals surface area contributed by atoms with Crippen LogP contribution in [0, 0.1) is 0 Å². The Morgan fingerprint density at radius 3 is 1.20 bits per heavy atom. The summed E-state index contributed by atoms with van der Waals surface area (Å²) in [6.07, 6.45) is 0. The van der Waals surface area contributed by atoms with Crippen LogP contribution in [0.1, 0.15) is 0 Å². The fourth-order valence-electron chi connectivity index (χ4n) is 1.10. The van der Waals surface area contributed by atoms with Gasteiger partial charge in [-0.25, -0.2) is 0 Å². The van der Waals surface area contributed by atoms with Crippen molar-refractivity contribution < 1.29 is 17.4 Å². The molecule has 0 saturated heterocycles. The predicted molar refractivity (Wildman–Crippen MR) is 57.1 cm³/mol. The maximum atomic E-state index is 4.10. The van der Waals surface area contributed by atoms with E-state index in [-0.39, 0.29) is 17.4 Å². The Kier molecular flexibility index (Phi) is 4.76. The number of rotatable bonds is 2. The average Bonchev–Trinajstić information content (AvgIpc) is 2.29. The summed E-state index contributed by atoms with van der Waals surface area (Å²) in [6.45, 7) is 0. The Bertz CT molecular complexity index is 371. The van der Waals surface area contributed by atoms with Crippen LogP contribution in [0.5, 0.6) is 0 Å². The predicted octanol–water partition coefficient (Wildman–Crippen LogP) is 4.10. The van der Waals surface area contributed by atoms with Crippen LogP contribution < -0.4 is 0 Å². The normalized spacial score (nSPS) is 9.87. The molecule has 0 aliphatic rings. The van der Waals surface area contributed by atoms with Crippen molar-refractivity contribution >= 4 is 11.4 Å². The van der Waals surface area contributed by atoms with E-state index in [0.717, 1.165) is 11.4 Å². The van der Waals surface area contributed by atoms with Gasteiger partial charge in [0, 0.05) is 17.4 Å². The molecule has 2 aromatic rings.